The summed E-state index contributed by atoms with van der Waals surface area (Å²) >= 11 is 8.95. The van der Waals surface area contributed by atoms with Crippen molar-refractivity contribution in [1.29, 1.82) is 0 Å². The minimum Gasteiger partial charge on any atom is -0.331 e. The van der Waals surface area contributed by atoms with Gasteiger partial charge in [-0.05, 0) is 48.3 Å². The summed E-state index contributed by atoms with van der Waals surface area (Å²) in [5.74, 6) is 0.522. The number of imidazole rings is 1. The molecule has 3 aromatic rings. The number of aromatic amines is 1. The van der Waals surface area contributed by atoms with Crippen LogP contribution in [0.15, 0.2) is 53.0 Å². The van der Waals surface area contributed by atoms with Crippen molar-refractivity contribution in [2.45, 2.75) is 25.8 Å². The lowest BCUT2D eigenvalue weighted by atomic mass is 9.98. The Hall–Kier alpha value is -1.39. The van der Waals surface area contributed by atoms with Crippen LogP contribution in [0.1, 0.15) is 24.8 Å². The summed E-state index contributed by atoms with van der Waals surface area (Å²) in [5, 5.41) is 0. The Labute approximate surface area is 137 Å². The third-order valence-electron chi connectivity index (χ3n) is 3.89. The lowest BCUT2D eigenvalue weighted by molar-refractivity contribution is 0.581. The van der Waals surface area contributed by atoms with Gasteiger partial charge in [0, 0.05) is 11.0 Å². The standard InChI is InChI=1S/C17H17BrN2S/c1-12(13-5-3-2-4-6-13)9-10-20-16-8-7-14(18)11-15(16)19-17(20)21/h2-8,11-12H,9-10H2,1H3,(H,19,21). The number of fused-ring (bicyclic) bond motifs is 1. The molecule has 4 heteroatoms. The zero-order valence-electron chi connectivity index (χ0n) is 11.8. The van der Waals surface area contributed by atoms with Gasteiger partial charge in [0.1, 0.15) is 0 Å². The van der Waals surface area contributed by atoms with Crippen molar-refractivity contribution in [3.8, 4) is 0 Å². The number of nitrogens with one attached hydrogen (secondary N) is 1. The van der Waals surface area contributed by atoms with E-state index in [1.54, 1.807) is 0 Å². The van der Waals surface area contributed by atoms with Crippen LogP contribution >= 0.6 is 28.1 Å². The average Bonchev–Trinajstić information content (AvgIpc) is 2.80. The van der Waals surface area contributed by atoms with Crippen LogP contribution in [-0.2, 0) is 6.54 Å². The van der Waals surface area contributed by atoms with Crippen LogP contribution in [-0.4, -0.2) is 9.55 Å². The molecule has 1 heterocycles. The van der Waals surface area contributed by atoms with Gasteiger partial charge in [-0.25, -0.2) is 0 Å². The monoisotopic (exact) mass is 360 g/mol. The fourth-order valence-corrected chi connectivity index (χ4v) is 3.29. The van der Waals surface area contributed by atoms with Crippen LogP contribution in [0.2, 0.25) is 0 Å². The Morgan fingerprint density at radius 3 is 2.71 bits per heavy atom. The van der Waals surface area contributed by atoms with Crippen molar-refractivity contribution in [2.75, 3.05) is 0 Å². The first-order chi connectivity index (χ1) is 10.1. The molecule has 0 saturated carbocycles. The highest BCUT2D eigenvalue weighted by atomic mass is 79.9. The van der Waals surface area contributed by atoms with Crippen molar-refractivity contribution in [3.63, 3.8) is 0 Å². The van der Waals surface area contributed by atoms with Gasteiger partial charge < -0.3 is 9.55 Å². The maximum atomic E-state index is 5.46. The van der Waals surface area contributed by atoms with Gasteiger partial charge in [0.15, 0.2) is 4.77 Å². The topological polar surface area (TPSA) is 20.7 Å². The summed E-state index contributed by atoms with van der Waals surface area (Å²) in [4.78, 5) is 3.28. The summed E-state index contributed by atoms with van der Waals surface area (Å²) in [7, 11) is 0. The van der Waals surface area contributed by atoms with Gasteiger partial charge in [0.2, 0.25) is 0 Å². The number of hydrogen-bond acceptors (Lipinski definition) is 1. The molecule has 2 aromatic carbocycles. The molecular weight excluding hydrogens is 344 g/mol. The highest BCUT2D eigenvalue weighted by Gasteiger charge is 2.08. The maximum absolute atomic E-state index is 5.46. The largest absolute Gasteiger partial charge is 0.331 e. The van der Waals surface area contributed by atoms with E-state index < -0.39 is 0 Å². The van der Waals surface area contributed by atoms with Crippen molar-refractivity contribution in [3.05, 3.63) is 63.3 Å². The highest BCUT2D eigenvalue weighted by molar-refractivity contribution is 9.10. The molecule has 0 saturated heterocycles. The van der Waals surface area contributed by atoms with E-state index in [0.717, 1.165) is 27.7 Å². The first-order valence-electron chi connectivity index (χ1n) is 7.08. The summed E-state index contributed by atoms with van der Waals surface area (Å²) < 4.78 is 4.05. The molecule has 0 spiro atoms. The third kappa shape index (κ3) is 3.11. The molecule has 1 N–H and O–H groups in total. The van der Waals surface area contributed by atoms with Crippen molar-refractivity contribution >= 4 is 39.2 Å². The Morgan fingerprint density at radius 1 is 1.19 bits per heavy atom. The lowest BCUT2D eigenvalue weighted by Gasteiger charge is -2.12. The first-order valence-corrected chi connectivity index (χ1v) is 8.28. The van der Waals surface area contributed by atoms with Gasteiger partial charge >= 0.3 is 0 Å². The van der Waals surface area contributed by atoms with Crippen LogP contribution in [0.25, 0.3) is 11.0 Å². The van der Waals surface area contributed by atoms with Gasteiger partial charge in [-0.2, -0.15) is 0 Å². The average molecular weight is 361 g/mol. The highest BCUT2D eigenvalue weighted by Crippen LogP contribution is 2.23. The fourth-order valence-electron chi connectivity index (χ4n) is 2.63. The number of H-pyrrole nitrogens is 1. The number of rotatable bonds is 4. The molecule has 0 aliphatic carbocycles. The van der Waals surface area contributed by atoms with Gasteiger partial charge in [0.25, 0.3) is 0 Å². The minimum absolute atomic E-state index is 0.522. The quantitative estimate of drug-likeness (QED) is 0.595. The van der Waals surface area contributed by atoms with Crippen LogP contribution in [0.5, 0.6) is 0 Å². The normalized spacial score (nSPS) is 12.7. The number of benzene rings is 2. The molecule has 0 aliphatic heterocycles. The van der Waals surface area contributed by atoms with Crippen molar-refractivity contribution in [2.24, 2.45) is 0 Å². The number of halogens is 1. The molecule has 21 heavy (non-hydrogen) atoms. The third-order valence-corrected chi connectivity index (χ3v) is 4.71. The number of aromatic nitrogens is 2. The first kappa shape index (κ1) is 14.5. The van der Waals surface area contributed by atoms with Crippen LogP contribution in [0.4, 0.5) is 0 Å². The number of aryl methyl sites for hydroxylation is 1. The number of hydrogen-bond donors (Lipinski definition) is 1. The Bertz CT molecular complexity index is 805. The van der Waals surface area contributed by atoms with E-state index in [-0.39, 0.29) is 0 Å². The number of nitrogens with zero attached hydrogens (tertiary/aromatic N) is 1. The fraction of sp³-hybridized carbons (Fsp3) is 0.235. The molecule has 1 aromatic heterocycles. The summed E-state index contributed by atoms with van der Waals surface area (Å²) in [6.45, 7) is 3.20. The molecule has 108 valence electrons. The molecule has 0 amide bonds. The molecule has 0 fully saturated rings. The van der Waals surface area contributed by atoms with E-state index in [4.69, 9.17) is 12.2 Å². The second-order valence-corrected chi connectivity index (χ2v) is 6.65. The van der Waals surface area contributed by atoms with Gasteiger partial charge in [0.05, 0.1) is 11.0 Å². The molecule has 3 rings (SSSR count). The maximum Gasteiger partial charge on any atom is 0.178 e. The summed E-state index contributed by atoms with van der Waals surface area (Å²) in [6.07, 6.45) is 1.07. The van der Waals surface area contributed by atoms with E-state index in [1.807, 2.05) is 0 Å². The van der Waals surface area contributed by atoms with Crippen LogP contribution < -0.4 is 0 Å². The van der Waals surface area contributed by atoms with E-state index in [9.17, 15) is 0 Å². The van der Waals surface area contributed by atoms with Crippen molar-refractivity contribution in [1.82, 2.24) is 9.55 Å². The molecule has 0 aliphatic rings. The van der Waals surface area contributed by atoms with Crippen molar-refractivity contribution < 1.29 is 0 Å². The predicted octanol–water partition coefficient (Wildman–Crippen LogP) is 5.66. The summed E-state index contributed by atoms with van der Waals surface area (Å²) in [6, 6.07) is 16.9. The predicted molar refractivity (Wildman–Crippen MR) is 94.3 cm³/mol. The Kier molecular flexibility index (Phi) is 4.27. The molecule has 2 nitrogen and oxygen atoms in total. The minimum atomic E-state index is 0.522. The molecule has 1 unspecified atom stereocenters. The Balaban J connectivity index is 1.82. The SMILES string of the molecule is CC(CCn1c(=S)[nH]c2cc(Br)ccc21)c1ccccc1. The van der Waals surface area contributed by atoms with Gasteiger partial charge in [-0.3, -0.25) is 0 Å². The molecule has 0 bridgehead atoms. The smallest absolute Gasteiger partial charge is 0.178 e. The van der Waals surface area contributed by atoms with Gasteiger partial charge in [-0.15, -0.1) is 0 Å². The molecule has 1 atom stereocenters. The Morgan fingerprint density at radius 2 is 1.95 bits per heavy atom. The lowest BCUT2D eigenvalue weighted by Crippen LogP contribution is -2.03. The van der Waals surface area contributed by atoms with E-state index >= 15 is 0 Å². The zero-order chi connectivity index (χ0) is 14.8. The van der Waals surface area contributed by atoms with Gasteiger partial charge in [-0.1, -0.05) is 53.2 Å². The second-order valence-electron chi connectivity index (χ2n) is 5.34. The van der Waals surface area contributed by atoms with Crippen LogP contribution in [0.3, 0.4) is 0 Å². The summed E-state index contributed by atoms with van der Waals surface area (Å²) in [5.41, 5.74) is 3.64. The zero-order valence-corrected chi connectivity index (χ0v) is 14.2. The van der Waals surface area contributed by atoms with E-state index in [1.165, 1.54) is 11.1 Å². The van der Waals surface area contributed by atoms with E-state index in [0.29, 0.717) is 5.92 Å². The van der Waals surface area contributed by atoms with E-state index in [2.05, 4.69) is 80.9 Å². The van der Waals surface area contributed by atoms with Crippen LogP contribution in [0, 0.1) is 4.77 Å². The molecular formula is C17H17BrN2S. The second kappa shape index (κ2) is 6.16. The molecule has 0 radical (unpaired) electrons.